The van der Waals surface area contributed by atoms with Crippen molar-refractivity contribution in [3.63, 3.8) is 0 Å². The lowest BCUT2D eigenvalue weighted by molar-refractivity contribution is 0.100. The molecule has 8 heteroatoms. The quantitative estimate of drug-likeness (QED) is 0.438. The molecule has 0 aliphatic rings. The van der Waals surface area contributed by atoms with Crippen molar-refractivity contribution in [3.05, 3.63) is 72.3 Å². The van der Waals surface area contributed by atoms with Gasteiger partial charge in [0.1, 0.15) is 0 Å². The highest BCUT2D eigenvalue weighted by Crippen LogP contribution is 2.34. The Hall–Kier alpha value is -3.65. The second-order valence-corrected chi connectivity index (χ2v) is 8.39. The van der Waals surface area contributed by atoms with Crippen LogP contribution in [0.15, 0.2) is 66.7 Å². The predicted molar refractivity (Wildman–Crippen MR) is 116 cm³/mol. The molecule has 0 saturated carbocycles. The molecule has 4 N–H and O–H groups in total. The third-order valence-corrected chi connectivity index (χ3v) is 5.04. The van der Waals surface area contributed by atoms with Crippen LogP contribution in [0.3, 0.4) is 0 Å². The van der Waals surface area contributed by atoms with Crippen LogP contribution < -0.4 is 15.8 Å². The number of hydrogen-bond acceptors (Lipinski definition) is 5. The van der Waals surface area contributed by atoms with Gasteiger partial charge in [-0.2, -0.15) is 0 Å². The van der Waals surface area contributed by atoms with Crippen LogP contribution in [0, 0.1) is 0 Å². The zero-order chi connectivity index (χ0) is 20.6. The number of aromatic nitrogens is 1. The third kappa shape index (κ3) is 3.83. The summed E-state index contributed by atoms with van der Waals surface area (Å²) in [6.45, 7) is 0. The van der Waals surface area contributed by atoms with Crippen LogP contribution in [0.4, 0.5) is 17.1 Å². The van der Waals surface area contributed by atoms with Gasteiger partial charge >= 0.3 is 0 Å². The van der Waals surface area contributed by atoms with Crippen LogP contribution in [-0.4, -0.2) is 25.6 Å². The molecule has 0 unspecified atom stereocenters. The molecule has 0 atom stereocenters. The minimum atomic E-state index is -3.34. The molecule has 0 saturated heterocycles. The van der Waals surface area contributed by atoms with Gasteiger partial charge in [-0.05, 0) is 36.4 Å². The highest BCUT2D eigenvalue weighted by molar-refractivity contribution is 7.92. The number of nitrogens with two attached hydrogens (primary N) is 1. The van der Waals surface area contributed by atoms with Crippen LogP contribution in [0.1, 0.15) is 10.4 Å². The smallest absolute Gasteiger partial charge is 0.250 e. The molecule has 7 nitrogen and oxygen atoms in total. The number of amides is 1. The Morgan fingerprint density at radius 1 is 0.897 bits per heavy atom. The van der Waals surface area contributed by atoms with Gasteiger partial charge in [-0.25, -0.2) is 13.4 Å². The van der Waals surface area contributed by atoms with E-state index in [0.29, 0.717) is 16.8 Å². The second kappa shape index (κ2) is 7.06. The number of primary amides is 1. The Morgan fingerprint density at radius 3 is 2.24 bits per heavy atom. The SMILES string of the molecule is CS(=O)(=O)Nc1ccc(Nc2c3ccccc3nc3c(C(N)=O)cccc23)cc1. The minimum Gasteiger partial charge on any atom is -0.366 e. The van der Waals surface area contributed by atoms with E-state index in [0.717, 1.165) is 33.9 Å². The molecule has 146 valence electrons. The minimum absolute atomic E-state index is 0.351. The number of benzene rings is 3. The first-order chi connectivity index (χ1) is 13.8. The molecule has 0 spiro atoms. The van der Waals surface area contributed by atoms with Gasteiger partial charge in [0.25, 0.3) is 5.91 Å². The number of carbonyl (C=O) groups excluding carboxylic acids is 1. The predicted octanol–water partition coefficient (Wildman–Crippen LogP) is 3.60. The zero-order valence-corrected chi connectivity index (χ0v) is 16.3. The average molecular weight is 406 g/mol. The van der Waals surface area contributed by atoms with Gasteiger partial charge in [0.05, 0.1) is 28.5 Å². The first-order valence-electron chi connectivity index (χ1n) is 8.78. The summed E-state index contributed by atoms with van der Waals surface area (Å²) in [5, 5.41) is 5.03. The van der Waals surface area contributed by atoms with E-state index in [1.54, 1.807) is 36.4 Å². The van der Waals surface area contributed by atoms with Crippen LogP contribution in [0.5, 0.6) is 0 Å². The molecule has 0 fully saturated rings. The number of pyridine rings is 1. The molecule has 1 heterocycles. The van der Waals surface area contributed by atoms with Gasteiger partial charge in [0.15, 0.2) is 0 Å². The summed E-state index contributed by atoms with van der Waals surface area (Å²) in [5.41, 5.74) is 9.16. The molecule has 0 aliphatic heterocycles. The fourth-order valence-corrected chi connectivity index (χ4v) is 3.79. The van der Waals surface area contributed by atoms with Gasteiger partial charge in [-0.1, -0.05) is 30.3 Å². The Balaban J connectivity index is 1.85. The van der Waals surface area contributed by atoms with Gasteiger partial charge < -0.3 is 11.1 Å². The maximum Gasteiger partial charge on any atom is 0.250 e. The number of fused-ring (bicyclic) bond motifs is 2. The molecule has 29 heavy (non-hydrogen) atoms. The standard InChI is InChI=1S/C21H18N4O3S/c1-29(27,28)25-14-11-9-13(10-12-14)23-19-15-5-2-3-8-18(15)24-20-16(19)6-4-7-17(20)21(22)26/h2-12,25H,1H3,(H2,22,26)(H,23,24). The van der Waals surface area contributed by atoms with E-state index >= 15 is 0 Å². The van der Waals surface area contributed by atoms with Crippen molar-refractivity contribution >= 4 is 54.8 Å². The average Bonchev–Trinajstić information content (AvgIpc) is 2.67. The third-order valence-electron chi connectivity index (χ3n) is 4.43. The van der Waals surface area contributed by atoms with Crippen molar-refractivity contribution in [2.24, 2.45) is 5.73 Å². The molecular formula is C21H18N4O3S. The highest BCUT2D eigenvalue weighted by atomic mass is 32.2. The van der Waals surface area contributed by atoms with Crippen LogP contribution in [-0.2, 0) is 10.0 Å². The summed E-state index contributed by atoms with van der Waals surface area (Å²) in [6, 6.07) is 19.8. The van der Waals surface area contributed by atoms with Gasteiger partial charge in [-0.15, -0.1) is 0 Å². The maximum absolute atomic E-state index is 11.9. The molecule has 3 aromatic carbocycles. The van der Waals surface area contributed by atoms with Crippen molar-refractivity contribution in [3.8, 4) is 0 Å². The molecule has 0 bridgehead atoms. The zero-order valence-electron chi connectivity index (χ0n) is 15.5. The lowest BCUT2D eigenvalue weighted by Crippen LogP contribution is -2.12. The number of sulfonamides is 1. The maximum atomic E-state index is 11.9. The number of anilines is 3. The van der Waals surface area contributed by atoms with E-state index in [9.17, 15) is 13.2 Å². The number of nitrogens with zero attached hydrogens (tertiary/aromatic N) is 1. The number of carbonyl (C=O) groups is 1. The molecular weight excluding hydrogens is 388 g/mol. The summed E-state index contributed by atoms with van der Waals surface area (Å²) in [4.78, 5) is 16.5. The van der Waals surface area contributed by atoms with E-state index < -0.39 is 15.9 Å². The molecule has 0 radical (unpaired) electrons. The first kappa shape index (κ1) is 18.7. The summed E-state index contributed by atoms with van der Waals surface area (Å²) in [5.74, 6) is -0.541. The largest absolute Gasteiger partial charge is 0.366 e. The monoisotopic (exact) mass is 406 g/mol. The van der Waals surface area contributed by atoms with Crippen molar-refractivity contribution in [1.82, 2.24) is 4.98 Å². The summed E-state index contributed by atoms with van der Waals surface area (Å²) >= 11 is 0. The molecule has 1 amide bonds. The Kier molecular flexibility index (Phi) is 4.56. The number of para-hydroxylation sites is 2. The van der Waals surface area contributed by atoms with Crippen LogP contribution >= 0.6 is 0 Å². The van der Waals surface area contributed by atoms with Gasteiger partial charge in [0, 0.05) is 22.1 Å². The number of hydrogen-bond donors (Lipinski definition) is 3. The van der Waals surface area contributed by atoms with Crippen molar-refractivity contribution in [1.29, 1.82) is 0 Å². The Bertz CT molecular complexity index is 1350. The topological polar surface area (TPSA) is 114 Å². The molecule has 0 aliphatic carbocycles. The van der Waals surface area contributed by atoms with E-state index in [4.69, 9.17) is 5.73 Å². The van der Waals surface area contributed by atoms with E-state index in [1.165, 1.54) is 0 Å². The van der Waals surface area contributed by atoms with Crippen molar-refractivity contribution in [2.45, 2.75) is 0 Å². The normalized spacial score (nSPS) is 11.5. The van der Waals surface area contributed by atoms with Crippen molar-refractivity contribution in [2.75, 3.05) is 16.3 Å². The molecule has 4 aromatic rings. The summed E-state index contributed by atoms with van der Waals surface area (Å²) in [7, 11) is -3.34. The summed E-state index contributed by atoms with van der Waals surface area (Å²) < 4.78 is 25.2. The highest BCUT2D eigenvalue weighted by Gasteiger charge is 2.14. The van der Waals surface area contributed by atoms with E-state index in [-0.39, 0.29) is 0 Å². The lowest BCUT2D eigenvalue weighted by Gasteiger charge is -2.15. The summed E-state index contributed by atoms with van der Waals surface area (Å²) in [6.07, 6.45) is 1.10. The van der Waals surface area contributed by atoms with Crippen LogP contribution in [0.2, 0.25) is 0 Å². The lowest BCUT2D eigenvalue weighted by atomic mass is 10.0. The Labute approximate surface area is 167 Å². The number of rotatable bonds is 5. The molecule has 4 rings (SSSR count). The van der Waals surface area contributed by atoms with Gasteiger partial charge in [0.2, 0.25) is 10.0 Å². The number of nitrogens with one attached hydrogen (secondary N) is 2. The first-order valence-corrected chi connectivity index (χ1v) is 10.7. The Morgan fingerprint density at radius 2 is 1.55 bits per heavy atom. The van der Waals surface area contributed by atoms with E-state index in [2.05, 4.69) is 15.0 Å². The fraction of sp³-hybridized carbons (Fsp3) is 0.0476. The molecule has 1 aromatic heterocycles. The second-order valence-electron chi connectivity index (χ2n) is 6.65. The van der Waals surface area contributed by atoms with E-state index in [1.807, 2.05) is 30.3 Å². The van der Waals surface area contributed by atoms with Gasteiger partial charge in [-0.3, -0.25) is 9.52 Å². The van der Waals surface area contributed by atoms with Crippen LogP contribution in [0.25, 0.3) is 21.8 Å². The fourth-order valence-electron chi connectivity index (χ4n) is 3.23. The van der Waals surface area contributed by atoms with Crippen molar-refractivity contribution < 1.29 is 13.2 Å².